The third-order valence-electron chi connectivity index (χ3n) is 3.08. The van der Waals surface area contributed by atoms with Crippen molar-refractivity contribution in [2.24, 2.45) is 0 Å². The molecule has 0 fully saturated rings. The molecule has 0 amide bonds. The Kier molecular flexibility index (Phi) is 5.16. The Morgan fingerprint density at radius 1 is 1.32 bits per heavy atom. The van der Waals surface area contributed by atoms with Gasteiger partial charge in [0.05, 0.1) is 6.61 Å². The minimum absolute atomic E-state index is 0.640. The summed E-state index contributed by atoms with van der Waals surface area (Å²) >= 11 is 0. The van der Waals surface area contributed by atoms with E-state index in [0.29, 0.717) is 6.73 Å². The summed E-state index contributed by atoms with van der Waals surface area (Å²) in [5, 5.41) is 0. The van der Waals surface area contributed by atoms with Crippen LogP contribution in [0.3, 0.4) is 0 Å². The zero-order valence-electron chi connectivity index (χ0n) is 11.9. The third kappa shape index (κ3) is 4.52. The van der Waals surface area contributed by atoms with Crippen molar-refractivity contribution in [3.8, 4) is 0 Å². The van der Waals surface area contributed by atoms with E-state index in [1.54, 1.807) is 0 Å². The number of unbranched alkanes of at least 4 members (excludes halogenated alkanes) is 1. The van der Waals surface area contributed by atoms with Crippen molar-refractivity contribution < 1.29 is 9.30 Å². The molecule has 0 N–H and O–H groups in total. The van der Waals surface area contributed by atoms with Crippen molar-refractivity contribution in [2.75, 3.05) is 6.61 Å². The smallest absolute Gasteiger partial charge is 0.245 e. The van der Waals surface area contributed by atoms with E-state index in [2.05, 4.69) is 66.0 Å². The Morgan fingerprint density at radius 3 is 3.00 bits per heavy atom. The molecule has 0 spiro atoms. The normalized spacial score (nSPS) is 10.8. The monoisotopic (exact) mass is 259 g/mol. The van der Waals surface area contributed by atoms with Crippen LogP contribution in [0.5, 0.6) is 0 Å². The molecule has 1 heterocycles. The van der Waals surface area contributed by atoms with Gasteiger partial charge in [0.15, 0.2) is 6.73 Å². The molecular formula is C16H23N2O+. The van der Waals surface area contributed by atoms with Gasteiger partial charge in [-0.05, 0) is 18.9 Å². The Labute approximate surface area is 115 Å². The highest BCUT2D eigenvalue weighted by atomic mass is 16.5. The molecule has 1 aromatic heterocycles. The van der Waals surface area contributed by atoms with Crippen LogP contribution in [0.4, 0.5) is 0 Å². The summed E-state index contributed by atoms with van der Waals surface area (Å²) in [6, 6.07) is 8.62. The highest BCUT2D eigenvalue weighted by Crippen LogP contribution is 2.03. The van der Waals surface area contributed by atoms with Crippen molar-refractivity contribution in [3.63, 3.8) is 0 Å². The summed E-state index contributed by atoms with van der Waals surface area (Å²) in [5.41, 5.74) is 2.63. The molecule has 3 heteroatoms. The van der Waals surface area contributed by atoms with Gasteiger partial charge in [0.25, 0.3) is 0 Å². The number of nitrogens with zero attached hydrogens (tertiary/aromatic N) is 2. The van der Waals surface area contributed by atoms with E-state index in [1.165, 1.54) is 17.5 Å². The van der Waals surface area contributed by atoms with Crippen LogP contribution in [0.2, 0.25) is 0 Å². The topological polar surface area (TPSA) is 18.0 Å². The van der Waals surface area contributed by atoms with Gasteiger partial charge in [-0.3, -0.25) is 0 Å². The van der Waals surface area contributed by atoms with Crippen LogP contribution >= 0.6 is 0 Å². The first kappa shape index (κ1) is 13.8. The van der Waals surface area contributed by atoms with Crippen LogP contribution in [0.25, 0.3) is 0 Å². The van der Waals surface area contributed by atoms with E-state index in [4.69, 9.17) is 4.74 Å². The fraction of sp³-hybridized carbons (Fsp3) is 0.438. The van der Waals surface area contributed by atoms with Crippen LogP contribution in [0, 0.1) is 6.92 Å². The summed E-state index contributed by atoms with van der Waals surface area (Å²) in [6.07, 6.45) is 8.55. The lowest BCUT2D eigenvalue weighted by Gasteiger charge is -2.00. The third-order valence-corrected chi connectivity index (χ3v) is 3.08. The first-order valence-electron chi connectivity index (χ1n) is 6.96. The number of hydrogen-bond acceptors (Lipinski definition) is 1. The minimum atomic E-state index is 0.640. The van der Waals surface area contributed by atoms with Gasteiger partial charge in [0.1, 0.15) is 18.9 Å². The highest BCUT2D eigenvalue weighted by molar-refractivity contribution is 5.21. The van der Waals surface area contributed by atoms with Gasteiger partial charge in [-0.25, -0.2) is 9.13 Å². The van der Waals surface area contributed by atoms with E-state index in [9.17, 15) is 0 Å². The average Bonchev–Trinajstić information content (AvgIpc) is 2.82. The van der Waals surface area contributed by atoms with Crippen molar-refractivity contribution in [1.29, 1.82) is 0 Å². The molecule has 102 valence electrons. The number of hydrogen-bond donors (Lipinski definition) is 0. The number of aryl methyl sites for hydroxylation is 1. The van der Waals surface area contributed by atoms with E-state index in [-0.39, 0.29) is 0 Å². The van der Waals surface area contributed by atoms with E-state index in [0.717, 1.165) is 19.6 Å². The summed E-state index contributed by atoms with van der Waals surface area (Å²) < 4.78 is 9.85. The number of ether oxygens (including phenoxy) is 1. The van der Waals surface area contributed by atoms with E-state index >= 15 is 0 Å². The van der Waals surface area contributed by atoms with E-state index in [1.807, 2.05) is 0 Å². The molecule has 0 atom stereocenters. The molecule has 2 rings (SSSR count). The van der Waals surface area contributed by atoms with Gasteiger partial charge in [-0.15, -0.1) is 0 Å². The molecule has 0 aliphatic heterocycles. The van der Waals surface area contributed by atoms with E-state index < -0.39 is 0 Å². The van der Waals surface area contributed by atoms with Crippen LogP contribution in [-0.4, -0.2) is 11.2 Å². The van der Waals surface area contributed by atoms with Gasteiger partial charge in [-0.1, -0.05) is 43.2 Å². The predicted molar refractivity (Wildman–Crippen MR) is 75.8 cm³/mol. The molecule has 0 unspecified atom stereocenters. The Morgan fingerprint density at radius 2 is 2.21 bits per heavy atom. The van der Waals surface area contributed by atoms with Crippen LogP contribution in [0.1, 0.15) is 30.9 Å². The SMILES string of the molecule is CCCCOCn1cc[n+](Cc2cccc(C)c2)c1. The van der Waals surface area contributed by atoms with Crippen molar-refractivity contribution in [2.45, 2.75) is 40.0 Å². The molecule has 0 saturated carbocycles. The molecule has 3 nitrogen and oxygen atoms in total. The quantitative estimate of drug-likeness (QED) is 0.552. The van der Waals surface area contributed by atoms with Gasteiger partial charge < -0.3 is 4.74 Å². The zero-order valence-corrected chi connectivity index (χ0v) is 11.9. The van der Waals surface area contributed by atoms with Crippen molar-refractivity contribution in [1.82, 2.24) is 4.57 Å². The van der Waals surface area contributed by atoms with Crippen LogP contribution in [0.15, 0.2) is 43.0 Å². The second kappa shape index (κ2) is 7.10. The lowest BCUT2D eigenvalue weighted by atomic mass is 10.1. The second-order valence-electron chi connectivity index (χ2n) is 4.98. The lowest BCUT2D eigenvalue weighted by Crippen LogP contribution is -2.31. The largest absolute Gasteiger partial charge is 0.342 e. The summed E-state index contributed by atoms with van der Waals surface area (Å²) in [7, 11) is 0. The molecule has 0 aliphatic carbocycles. The minimum Gasteiger partial charge on any atom is -0.342 e. The Hall–Kier alpha value is -1.61. The number of rotatable bonds is 7. The first-order valence-corrected chi connectivity index (χ1v) is 6.96. The van der Waals surface area contributed by atoms with Crippen molar-refractivity contribution >= 4 is 0 Å². The second-order valence-corrected chi connectivity index (χ2v) is 4.98. The fourth-order valence-electron chi connectivity index (χ4n) is 2.05. The average molecular weight is 259 g/mol. The van der Waals surface area contributed by atoms with Gasteiger partial charge in [0, 0.05) is 0 Å². The molecular weight excluding hydrogens is 236 g/mol. The molecule has 2 aromatic rings. The van der Waals surface area contributed by atoms with Crippen molar-refractivity contribution in [3.05, 3.63) is 54.1 Å². The fourth-order valence-corrected chi connectivity index (χ4v) is 2.05. The molecule has 1 aromatic carbocycles. The summed E-state index contributed by atoms with van der Waals surface area (Å²) in [4.78, 5) is 0. The number of benzene rings is 1. The predicted octanol–water partition coefficient (Wildman–Crippen LogP) is 2.91. The Bertz CT molecular complexity index is 505. The van der Waals surface area contributed by atoms with Crippen LogP contribution in [-0.2, 0) is 18.0 Å². The lowest BCUT2D eigenvalue weighted by molar-refractivity contribution is -0.688. The number of aromatic nitrogens is 2. The molecule has 0 saturated heterocycles. The number of imidazole rings is 1. The maximum absolute atomic E-state index is 5.59. The molecule has 19 heavy (non-hydrogen) atoms. The molecule has 0 bridgehead atoms. The van der Waals surface area contributed by atoms with Gasteiger partial charge >= 0.3 is 0 Å². The zero-order chi connectivity index (χ0) is 13.5. The van der Waals surface area contributed by atoms with Gasteiger partial charge in [0.2, 0.25) is 6.33 Å². The van der Waals surface area contributed by atoms with Gasteiger partial charge in [-0.2, -0.15) is 0 Å². The highest BCUT2D eigenvalue weighted by Gasteiger charge is 2.04. The van der Waals surface area contributed by atoms with Crippen LogP contribution < -0.4 is 4.57 Å². The summed E-state index contributed by atoms with van der Waals surface area (Å²) in [6.45, 7) is 6.69. The Balaban J connectivity index is 1.87. The standard InChI is InChI=1S/C16H23N2O/c1-3-4-10-19-14-18-9-8-17(13-18)12-16-7-5-6-15(2)11-16/h5-9,11,13H,3-4,10,12,14H2,1-2H3/q+1. The first-order chi connectivity index (χ1) is 9.28. The molecule has 0 radical (unpaired) electrons. The molecule has 0 aliphatic rings. The maximum Gasteiger partial charge on any atom is 0.245 e. The maximum atomic E-state index is 5.59. The summed E-state index contributed by atoms with van der Waals surface area (Å²) in [5.74, 6) is 0.